The molecule has 1 unspecified atom stereocenters. The van der Waals surface area contributed by atoms with Gasteiger partial charge in [-0.25, -0.2) is 4.68 Å². The van der Waals surface area contributed by atoms with E-state index in [1.54, 1.807) is 12.4 Å². The van der Waals surface area contributed by atoms with Crippen LogP contribution >= 0.6 is 0 Å². The molecule has 6 heteroatoms. The summed E-state index contributed by atoms with van der Waals surface area (Å²) in [6.07, 6.45) is 11.1. The van der Waals surface area contributed by atoms with E-state index in [0.29, 0.717) is 6.42 Å². The maximum absolute atomic E-state index is 12.9. The summed E-state index contributed by atoms with van der Waals surface area (Å²) in [7, 11) is 0. The summed E-state index contributed by atoms with van der Waals surface area (Å²) in [5.41, 5.74) is 1.95. The molecule has 0 saturated carbocycles. The predicted molar refractivity (Wildman–Crippen MR) is 98.8 cm³/mol. The van der Waals surface area contributed by atoms with Gasteiger partial charge < -0.3 is 4.90 Å². The molecule has 1 atom stereocenters. The van der Waals surface area contributed by atoms with Gasteiger partial charge in [0.05, 0.1) is 30.9 Å². The standard InChI is InChI=1S/C20H23N5O/c26-20(13-17-14-22-25(15-17)18-7-2-1-3-8-18)24-12-5-4-9-19(24)16-23-11-6-10-21-23/h1-3,6-8,10-11,14-15,19H,4-5,9,12-13,16H2. The van der Waals surface area contributed by atoms with Crippen molar-refractivity contribution in [1.29, 1.82) is 0 Å². The number of benzene rings is 1. The maximum atomic E-state index is 12.9. The van der Waals surface area contributed by atoms with Gasteiger partial charge in [0.25, 0.3) is 0 Å². The van der Waals surface area contributed by atoms with Gasteiger partial charge in [-0.2, -0.15) is 10.2 Å². The van der Waals surface area contributed by atoms with E-state index in [1.165, 1.54) is 6.42 Å². The molecular formula is C20H23N5O. The van der Waals surface area contributed by atoms with Gasteiger partial charge in [0.1, 0.15) is 0 Å². The van der Waals surface area contributed by atoms with E-state index in [-0.39, 0.29) is 11.9 Å². The summed E-state index contributed by atoms with van der Waals surface area (Å²) in [4.78, 5) is 14.9. The average molecular weight is 349 g/mol. The Balaban J connectivity index is 1.44. The summed E-state index contributed by atoms with van der Waals surface area (Å²) >= 11 is 0. The minimum Gasteiger partial charge on any atom is -0.338 e. The predicted octanol–water partition coefficient (Wildman–Crippen LogP) is 2.69. The van der Waals surface area contributed by atoms with Crippen LogP contribution in [0.2, 0.25) is 0 Å². The number of carbonyl (C=O) groups excluding carboxylic acids is 1. The average Bonchev–Trinajstić information content (AvgIpc) is 3.35. The largest absolute Gasteiger partial charge is 0.338 e. The Morgan fingerprint density at radius 3 is 2.81 bits per heavy atom. The number of rotatable bonds is 5. The molecule has 1 fully saturated rings. The SMILES string of the molecule is O=C(Cc1cnn(-c2ccccc2)c1)N1CCCCC1Cn1cccn1. The van der Waals surface area contributed by atoms with Gasteiger partial charge in [-0.05, 0) is 43.0 Å². The maximum Gasteiger partial charge on any atom is 0.227 e. The molecule has 2 aromatic heterocycles. The molecule has 4 rings (SSSR count). The molecule has 1 amide bonds. The van der Waals surface area contributed by atoms with Gasteiger partial charge in [0.15, 0.2) is 0 Å². The molecule has 0 spiro atoms. The smallest absolute Gasteiger partial charge is 0.227 e. The van der Waals surface area contributed by atoms with E-state index in [2.05, 4.69) is 10.2 Å². The number of para-hydroxylation sites is 1. The highest BCUT2D eigenvalue weighted by atomic mass is 16.2. The second-order valence-electron chi connectivity index (χ2n) is 6.77. The van der Waals surface area contributed by atoms with Crippen LogP contribution in [0.4, 0.5) is 0 Å². The number of nitrogens with zero attached hydrogens (tertiary/aromatic N) is 5. The molecule has 6 nitrogen and oxygen atoms in total. The zero-order chi connectivity index (χ0) is 17.8. The number of likely N-dealkylation sites (tertiary alicyclic amines) is 1. The zero-order valence-corrected chi connectivity index (χ0v) is 14.7. The Labute approximate surface area is 153 Å². The Morgan fingerprint density at radius 2 is 2.00 bits per heavy atom. The van der Waals surface area contributed by atoms with Crippen LogP contribution in [0.15, 0.2) is 61.2 Å². The highest BCUT2D eigenvalue weighted by molar-refractivity contribution is 5.79. The van der Waals surface area contributed by atoms with E-state index >= 15 is 0 Å². The lowest BCUT2D eigenvalue weighted by Gasteiger charge is -2.35. The monoisotopic (exact) mass is 349 g/mol. The molecule has 26 heavy (non-hydrogen) atoms. The van der Waals surface area contributed by atoms with Gasteiger partial charge in [-0.15, -0.1) is 0 Å². The van der Waals surface area contributed by atoms with Crippen molar-refractivity contribution in [1.82, 2.24) is 24.5 Å². The second kappa shape index (κ2) is 7.56. The van der Waals surface area contributed by atoms with Crippen molar-refractivity contribution in [2.75, 3.05) is 6.54 Å². The fourth-order valence-corrected chi connectivity index (χ4v) is 3.59. The molecule has 0 N–H and O–H groups in total. The van der Waals surface area contributed by atoms with Crippen LogP contribution in [0.25, 0.3) is 5.69 Å². The minimum atomic E-state index is 0.175. The zero-order valence-electron chi connectivity index (χ0n) is 14.7. The molecule has 0 aliphatic carbocycles. The van der Waals surface area contributed by atoms with Crippen molar-refractivity contribution in [3.05, 3.63) is 66.7 Å². The van der Waals surface area contributed by atoms with Crippen molar-refractivity contribution >= 4 is 5.91 Å². The van der Waals surface area contributed by atoms with E-state index in [9.17, 15) is 4.79 Å². The molecule has 1 saturated heterocycles. The van der Waals surface area contributed by atoms with Crippen LogP contribution in [0.1, 0.15) is 24.8 Å². The van der Waals surface area contributed by atoms with Crippen molar-refractivity contribution in [2.24, 2.45) is 0 Å². The first-order valence-corrected chi connectivity index (χ1v) is 9.15. The summed E-state index contributed by atoms with van der Waals surface area (Å²) in [6.45, 7) is 1.60. The molecule has 3 aromatic rings. The number of hydrogen-bond acceptors (Lipinski definition) is 3. The molecule has 0 radical (unpaired) electrons. The van der Waals surface area contributed by atoms with Crippen molar-refractivity contribution in [3.8, 4) is 5.69 Å². The Hall–Kier alpha value is -2.89. The van der Waals surface area contributed by atoms with E-state index in [4.69, 9.17) is 0 Å². The Morgan fingerprint density at radius 1 is 1.12 bits per heavy atom. The van der Waals surface area contributed by atoms with E-state index in [1.807, 2.05) is 63.1 Å². The van der Waals surface area contributed by atoms with Gasteiger partial charge in [0, 0.05) is 25.1 Å². The molecule has 1 aliphatic heterocycles. The van der Waals surface area contributed by atoms with Crippen LogP contribution in [0, 0.1) is 0 Å². The summed E-state index contributed by atoms with van der Waals surface area (Å²) in [5.74, 6) is 0.175. The molecule has 134 valence electrons. The molecule has 1 aliphatic rings. The third-order valence-electron chi connectivity index (χ3n) is 4.92. The lowest BCUT2D eigenvalue weighted by atomic mass is 10.0. The van der Waals surface area contributed by atoms with Crippen LogP contribution in [0.5, 0.6) is 0 Å². The van der Waals surface area contributed by atoms with Crippen molar-refractivity contribution < 1.29 is 4.79 Å². The van der Waals surface area contributed by atoms with Gasteiger partial charge in [0.2, 0.25) is 5.91 Å². The van der Waals surface area contributed by atoms with Crippen LogP contribution in [-0.4, -0.2) is 43.0 Å². The molecule has 1 aromatic carbocycles. The van der Waals surface area contributed by atoms with Crippen LogP contribution in [0.3, 0.4) is 0 Å². The first kappa shape index (κ1) is 16.6. The Kier molecular flexibility index (Phi) is 4.82. The quantitative estimate of drug-likeness (QED) is 0.712. The van der Waals surface area contributed by atoms with Crippen molar-refractivity contribution in [3.63, 3.8) is 0 Å². The topological polar surface area (TPSA) is 56.0 Å². The number of aromatic nitrogens is 4. The van der Waals surface area contributed by atoms with Crippen LogP contribution in [-0.2, 0) is 17.8 Å². The molecule has 3 heterocycles. The highest BCUT2D eigenvalue weighted by Crippen LogP contribution is 2.20. The highest BCUT2D eigenvalue weighted by Gasteiger charge is 2.27. The lowest BCUT2D eigenvalue weighted by Crippen LogP contribution is -2.46. The third kappa shape index (κ3) is 3.69. The normalized spacial score (nSPS) is 17.4. The first-order valence-electron chi connectivity index (χ1n) is 9.15. The third-order valence-corrected chi connectivity index (χ3v) is 4.92. The molecule has 0 bridgehead atoms. The minimum absolute atomic E-state index is 0.175. The number of hydrogen-bond donors (Lipinski definition) is 0. The van der Waals surface area contributed by atoms with E-state index in [0.717, 1.165) is 37.2 Å². The summed E-state index contributed by atoms with van der Waals surface area (Å²) in [5, 5.41) is 8.69. The number of carbonyl (C=O) groups is 1. The molecular weight excluding hydrogens is 326 g/mol. The summed E-state index contributed by atoms with van der Waals surface area (Å²) < 4.78 is 3.74. The second-order valence-corrected chi connectivity index (χ2v) is 6.77. The fourth-order valence-electron chi connectivity index (χ4n) is 3.59. The summed E-state index contributed by atoms with van der Waals surface area (Å²) in [6, 6.07) is 12.1. The van der Waals surface area contributed by atoms with Gasteiger partial charge in [-0.1, -0.05) is 18.2 Å². The fraction of sp³-hybridized carbons (Fsp3) is 0.350. The van der Waals surface area contributed by atoms with Gasteiger partial charge >= 0.3 is 0 Å². The number of amides is 1. The lowest BCUT2D eigenvalue weighted by molar-refractivity contribution is -0.134. The van der Waals surface area contributed by atoms with Gasteiger partial charge in [-0.3, -0.25) is 9.48 Å². The van der Waals surface area contributed by atoms with Crippen molar-refractivity contribution in [2.45, 2.75) is 38.3 Å². The van der Waals surface area contributed by atoms with E-state index < -0.39 is 0 Å². The van der Waals surface area contributed by atoms with Crippen LogP contribution < -0.4 is 0 Å². The Bertz CT molecular complexity index is 840. The first-order chi connectivity index (χ1) is 12.8. The number of piperidine rings is 1.